The van der Waals surface area contributed by atoms with E-state index in [4.69, 9.17) is 14.2 Å². The first-order valence-corrected chi connectivity index (χ1v) is 8.91. The third-order valence-electron chi connectivity index (χ3n) is 7.44. The molecule has 0 aromatic carbocycles. The van der Waals surface area contributed by atoms with Gasteiger partial charge < -0.3 is 19.3 Å². The number of hydrogen-bond acceptors (Lipinski definition) is 7. The van der Waals surface area contributed by atoms with Gasteiger partial charge in [0.25, 0.3) is 0 Å². The third kappa shape index (κ3) is 1.54. The summed E-state index contributed by atoms with van der Waals surface area (Å²) in [5, 5.41) is 11.1. The molecule has 7 heteroatoms. The molecule has 0 aromatic heterocycles. The van der Waals surface area contributed by atoms with Crippen molar-refractivity contribution in [2.75, 3.05) is 34.9 Å². The molecule has 142 valence electrons. The molecule has 1 aliphatic heterocycles. The summed E-state index contributed by atoms with van der Waals surface area (Å²) in [7, 11) is 6.45. The minimum absolute atomic E-state index is 0.150. The first-order chi connectivity index (χ1) is 12.4. The first kappa shape index (κ1) is 17.5. The number of Topliss-reactive ketones (excluding diaryl/α,β-unsaturated/α-hetero) is 1. The third-order valence-corrected chi connectivity index (χ3v) is 7.44. The second-order valence-corrected chi connectivity index (χ2v) is 7.77. The van der Waals surface area contributed by atoms with E-state index in [-0.39, 0.29) is 29.5 Å². The van der Waals surface area contributed by atoms with Gasteiger partial charge in [0.2, 0.25) is 11.5 Å². The molecule has 4 aliphatic rings. The highest BCUT2D eigenvalue weighted by Crippen LogP contribution is 2.73. The molecule has 0 aromatic rings. The summed E-state index contributed by atoms with van der Waals surface area (Å²) in [4.78, 5) is 28.3. The lowest BCUT2D eigenvalue weighted by Gasteiger charge is -2.53. The van der Waals surface area contributed by atoms with Crippen molar-refractivity contribution in [3.05, 3.63) is 23.4 Å². The van der Waals surface area contributed by atoms with E-state index in [1.165, 1.54) is 27.4 Å². The minimum Gasteiger partial charge on any atom is -0.498 e. The smallest absolute Gasteiger partial charge is 0.201 e. The largest absolute Gasteiger partial charge is 0.498 e. The van der Waals surface area contributed by atoms with Gasteiger partial charge in [0.15, 0.2) is 11.5 Å². The number of carbonyl (C=O) groups is 2. The summed E-state index contributed by atoms with van der Waals surface area (Å²) in [6.07, 6.45) is 2.22. The van der Waals surface area contributed by atoms with Crippen LogP contribution in [0.25, 0.3) is 0 Å². The molecule has 1 heterocycles. The van der Waals surface area contributed by atoms with Gasteiger partial charge in [-0.15, -0.1) is 0 Å². The van der Waals surface area contributed by atoms with E-state index in [1.54, 1.807) is 0 Å². The average molecular weight is 363 g/mol. The molecule has 1 N–H and O–H groups in total. The monoisotopic (exact) mass is 363 g/mol. The molecule has 2 fully saturated rings. The molecule has 0 bridgehead atoms. The lowest BCUT2D eigenvalue weighted by Crippen LogP contribution is -2.62. The molecular weight excluding hydrogens is 338 g/mol. The van der Waals surface area contributed by atoms with Gasteiger partial charge in [0, 0.05) is 17.9 Å². The number of likely N-dealkylation sites (N-methyl/N-ethyl adjacent to an activating group) is 1. The number of ether oxygens (including phenoxy) is 3. The summed E-state index contributed by atoms with van der Waals surface area (Å²) >= 11 is 0. The molecule has 4 rings (SSSR count). The number of rotatable bonds is 3. The summed E-state index contributed by atoms with van der Waals surface area (Å²) < 4.78 is 16.4. The maximum atomic E-state index is 13.2. The fraction of sp³-hybridized carbons (Fsp3) is 0.684. The normalized spacial score (nSPS) is 42.2. The Bertz CT molecular complexity index is 757. The zero-order valence-corrected chi connectivity index (χ0v) is 15.6. The van der Waals surface area contributed by atoms with Gasteiger partial charge in [-0.3, -0.25) is 14.5 Å². The second kappa shape index (κ2) is 5.33. The van der Waals surface area contributed by atoms with Gasteiger partial charge in [0.1, 0.15) is 11.9 Å². The van der Waals surface area contributed by atoms with Crippen molar-refractivity contribution in [2.24, 2.45) is 10.8 Å². The number of methoxy groups -OCH3 is 3. The maximum absolute atomic E-state index is 13.2. The van der Waals surface area contributed by atoms with Crippen LogP contribution in [0.1, 0.15) is 25.7 Å². The van der Waals surface area contributed by atoms with E-state index >= 15 is 0 Å². The number of aliphatic hydroxyl groups excluding tert-OH is 1. The number of hydrogen-bond donors (Lipinski definition) is 1. The Morgan fingerprint density at radius 2 is 1.85 bits per heavy atom. The quantitative estimate of drug-likeness (QED) is 0.793. The average Bonchev–Trinajstić information content (AvgIpc) is 3.18. The highest BCUT2D eigenvalue weighted by atomic mass is 16.5. The summed E-state index contributed by atoms with van der Waals surface area (Å²) in [5.41, 5.74) is -2.46. The van der Waals surface area contributed by atoms with Crippen molar-refractivity contribution in [3.63, 3.8) is 0 Å². The zero-order valence-electron chi connectivity index (χ0n) is 15.6. The predicted octanol–water partition coefficient (Wildman–Crippen LogP) is 0.778. The Morgan fingerprint density at radius 1 is 1.12 bits per heavy atom. The standard InChI is InChI=1S/C19H25NO6/c1-20-8-7-17-10-11(21)14(25-3)16(26-4)19(17,20)6-5-18(17)13(22)9-12(24-2)15(18)23/h9,15,23H,5-8,10H2,1-4H3/t15-,17+,18-,19-/m1/s1. The van der Waals surface area contributed by atoms with Crippen LogP contribution in [0.5, 0.6) is 0 Å². The van der Waals surface area contributed by atoms with Crippen molar-refractivity contribution >= 4 is 11.6 Å². The summed E-state index contributed by atoms with van der Waals surface area (Å²) in [6.45, 7) is 0.710. The Labute approximate surface area is 152 Å². The van der Waals surface area contributed by atoms with Crippen molar-refractivity contribution in [1.29, 1.82) is 0 Å². The number of ketones is 2. The maximum Gasteiger partial charge on any atom is 0.201 e. The Balaban J connectivity index is 1.99. The van der Waals surface area contributed by atoms with Crippen LogP contribution in [-0.2, 0) is 23.8 Å². The molecule has 0 radical (unpaired) electrons. The fourth-order valence-electron chi connectivity index (χ4n) is 6.44. The molecule has 26 heavy (non-hydrogen) atoms. The first-order valence-electron chi connectivity index (χ1n) is 8.91. The zero-order chi connectivity index (χ0) is 18.9. The van der Waals surface area contributed by atoms with Crippen LogP contribution in [0.15, 0.2) is 23.4 Å². The summed E-state index contributed by atoms with van der Waals surface area (Å²) in [6, 6.07) is 0. The van der Waals surface area contributed by atoms with Gasteiger partial charge in [-0.05, 0) is 32.9 Å². The van der Waals surface area contributed by atoms with E-state index in [9.17, 15) is 14.7 Å². The molecule has 7 nitrogen and oxygen atoms in total. The fourth-order valence-corrected chi connectivity index (χ4v) is 6.44. The molecule has 4 atom stereocenters. The Hall–Kier alpha value is -1.86. The van der Waals surface area contributed by atoms with Crippen LogP contribution >= 0.6 is 0 Å². The minimum atomic E-state index is -1.07. The molecule has 1 saturated heterocycles. The van der Waals surface area contributed by atoms with Gasteiger partial charge in [0.05, 0.1) is 32.3 Å². The predicted molar refractivity (Wildman–Crippen MR) is 90.9 cm³/mol. The van der Waals surface area contributed by atoms with Crippen LogP contribution in [0.2, 0.25) is 0 Å². The number of likely N-dealkylation sites (tertiary alicyclic amines) is 1. The number of nitrogens with zero attached hydrogens (tertiary/aromatic N) is 1. The second-order valence-electron chi connectivity index (χ2n) is 7.77. The highest BCUT2D eigenvalue weighted by Gasteiger charge is 2.80. The lowest BCUT2D eigenvalue weighted by atomic mass is 9.52. The number of carbonyl (C=O) groups excluding carboxylic acids is 2. The molecular formula is C19H25NO6. The lowest BCUT2D eigenvalue weighted by molar-refractivity contribution is -0.149. The molecule has 1 spiro atoms. The molecule has 0 amide bonds. The van der Waals surface area contributed by atoms with Gasteiger partial charge in [-0.25, -0.2) is 0 Å². The molecule has 0 unspecified atom stereocenters. The van der Waals surface area contributed by atoms with Gasteiger partial charge in [-0.1, -0.05) is 0 Å². The molecule has 3 aliphatic carbocycles. The van der Waals surface area contributed by atoms with E-state index < -0.39 is 22.5 Å². The van der Waals surface area contributed by atoms with Crippen LogP contribution < -0.4 is 0 Å². The number of aliphatic hydroxyl groups is 1. The Kier molecular flexibility index (Phi) is 3.60. The SMILES string of the molecule is COC1=CC(=O)[C@]2(CC[C@@]34C(OC)=C(OC)C(=O)C[C@]32CCN4C)[C@@H]1O. The Morgan fingerprint density at radius 3 is 2.42 bits per heavy atom. The van der Waals surface area contributed by atoms with Crippen molar-refractivity contribution in [3.8, 4) is 0 Å². The van der Waals surface area contributed by atoms with Crippen molar-refractivity contribution < 1.29 is 28.9 Å². The number of allylic oxidation sites excluding steroid dienone is 2. The topological polar surface area (TPSA) is 85.3 Å². The van der Waals surface area contributed by atoms with Crippen molar-refractivity contribution in [1.82, 2.24) is 4.90 Å². The van der Waals surface area contributed by atoms with E-state index in [0.29, 0.717) is 31.6 Å². The van der Waals surface area contributed by atoms with Gasteiger partial charge in [-0.2, -0.15) is 0 Å². The van der Waals surface area contributed by atoms with E-state index in [2.05, 4.69) is 4.90 Å². The van der Waals surface area contributed by atoms with Crippen LogP contribution in [0.3, 0.4) is 0 Å². The highest BCUT2D eigenvalue weighted by molar-refractivity contribution is 6.03. The van der Waals surface area contributed by atoms with Crippen molar-refractivity contribution in [2.45, 2.75) is 37.3 Å². The van der Waals surface area contributed by atoms with Gasteiger partial charge >= 0.3 is 0 Å². The van der Waals surface area contributed by atoms with E-state index in [1.807, 2.05) is 7.05 Å². The molecule has 1 saturated carbocycles. The van der Waals surface area contributed by atoms with E-state index in [0.717, 1.165) is 0 Å². The van der Waals surface area contributed by atoms with Crippen LogP contribution in [0, 0.1) is 10.8 Å². The summed E-state index contributed by atoms with van der Waals surface area (Å²) in [5.74, 6) is 0.668. The van der Waals surface area contributed by atoms with Crippen LogP contribution in [0.4, 0.5) is 0 Å². The van der Waals surface area contributed by atoms with Crippen LogP contribution in [-0.4, -0.2) is 68.1 Å².